The number of nitrogens with one attached hydrogen (secondary N) is 1. The predicted octanol–water partition coefficient (Wildman–Crippen LogP) is 3.23. The first-order valence-corrected chi connectivity index (χ1v) is 5.83. The van der Waals surface area contributed by atoms with Crippen molar-refractivity contribution in [3.05, 3.63) is 42.0 Å². The second-order valence-corrected chi connectivity index (χ2v) is 4.27. The predicted molar refractivity (Wildman–Crippen MR) is 65.7 cm³/mol. The third kappa shape index (κ3) is 2.93. The molecule has 1 unspecified atom stereocenters. The first-order valence-electron chi connectivity index (χ1n) is 5.83. The molecule has 1 N–H and O–H groups in total. The molecule has 2 rings (SSSR count). The zero-order chi connectivity index (χ0) is 10.5. The molecule has 1 fully saturated rings. The average molecular weight is 201 g/mol. The highest BCUT2D eigenvalue weighted by Gasteiger charge is 2.09. The number of allylic oxidation sites excluding steroid dienone is 1. The van der Waals surface area contributed by atoms with Crippen molar-refractivity contribution in [2.75, 3.05) is 6.54 Å². The Balaban J connectivity index is 2.06. The molecule has 0 spiro atoms. The second kappa shape index (κ2) is 5.13. The van der Waals surface area contributed by atoms with Crippen LogP contribution in [0.4, 0.5) is 0 Å². The van der Waals surface area contributed by atoms with Crippen LogP contribution in [0.15, 0.2) is 36.4 Å². The van der Waals surface area contributed by atoms with Gasteiger partial charge in [-0.2, -0.15) is 0 Å². The highest BCUT2D eigenvalue weighted by atomic mass is 14.9. The highest BCUT2D eigenvalue weighted by molar-refractivity contribution is 5.64. The van der Waals surface area contributed by atoms with Gasteiger partial charge in [-0.05, 0) is 37.4 Å². The fourth-order valence-electron chi connectivity index (χ4n) is 2.12. The van der Waals surface area contributed by atoms with Gasteiger partial charge in [0, 0.05) is 6.04 Å². The monoisotopic (exact) mass is 201 g/mol. The number of benzene rings is 1. The van der Waals surface area contributed by atoms with Crippen molar-refractivity contribution in [1.82, 2.24) is 5.32 Å². The number of hydrogen-bond donors (Lipinski definition) is 1. The first-order chi connectivity index (χ1) is 7.36. The van der Waals surface area contributed by atoms with E-state index in [1.54, 1.807) is 0 Å². The van der Waals surface area contributed by atoms with E-state index in [1.807, 2.05) is 0 Å². The Bertz CT molecular complexity index is 320. The van der Waals surface area contributed by atoms with E-state index in [0.29, 0.717) is 6.04 Å². The summed E-state index contributed by atoms with van der Waals surface area (Å²) in [6, 6.07) is 11.2. The lowest BCUT2D eigenvalue weighted by Gasteiger charge is -2.21. The van der Waals surface area contributed by atoms with Crippen LogP contribution in [0.5, 0.6) is 0 Å². The maximum absolute atomic E-state index is 3.54. The van der Waals surface area contributed by atoms with E-state index < -0.39 is 0 Å². The third-order valence-corrected chi connectivity index (χ3v) is 3.03. The van der Waals surface area contributed by atoms with Crippen molar-refractivity contribution < 1.29 is 0 Å². The minimum Gasteiger partial charge on any atom is -0.310 e. The molecule has 1 nitrogen and oxygen atoms in total. The standard InChI is InChI=1S/C14H19N/c1-12(13-7-3-2-4-8-13)11-14-9-5-6-10-15-14/h2-4,7-8,11,14-15H,5-6,9-10H2,1H3. The summed E-state index contributed by atoms with van der Waals surface area (Å²) in [5.74, 6) is 0. The quantitative estimate of drug-likeness (QED) is 0.774. The molecular formula is C14H19N. The Labute approximate surface area is 92.2 Å². The number of rotatable bonds is 2. The molecule has 1 atom stereocenters. The highest BCUT2D eigenvalue weighted by Crippen LogP contribution is 2.16. The van der Waals surface area contributed by atoms with Gasteiger partial charge in [0.05, 0.1) is 0 Å². The smallest absolute Gasteiger partial charge is 0.0255 e. The number of piperidine rings is 1. The Morgan fingerprint density at radius 2 is 2.07 bits per heavy atom. The molecule has 1 heteroatoms. The Kier molecular flexibility index (Phi) is 3.57. The molecular weight excluding hydrogens is 182 g/mol. The first kappa shape index (κ1) is 10.4. The van der Waals surface area contributed by atoms with Crippen LogP contribution >= 0.6 is 0 Å². The second-order valence-electron chi connectivity index (χ2n) is 4.27. The van der Waals surface area contributed by atoms with E-state index in [4.69, 9.17) is 0 Å². The summed E-state index contributed by atoms with van der Waals surface area (Å²) < 4.78 is 0. The van der Waals surface area contributed by atoms with Crippen molar-refractivity contribution in [3.8, 4) is 0 Å². The zero-order valence-corrected chi connectivity index (χ0v) is 9.37. The van der Waals surface area contributed by atoms with Gasteiger partial charge in [-0.1, -0.05) is 42.8 Å². The van der Waals surface area contributed by atoms with Crippen molar-refractivity contribution in [1.29, 1.82) is 0 Å². The Morgan fingerprint density at radius 1 is 1.27 bits per heavy atom. The third-order valence-electron chi connectivity index (χ3n) is 3.03. The zero-order valence-electron chi connectivity index (χ0n) is 9.37. The van der Waals surface area contributed by atoms with Gasteiger partial charge in [0.1, 0.15) is 0 Å². The van der Waals surface area contributed by atoms with Crippen LogP contribution in [0.3, 0.4) is 0 Å². The van der Waals surface area contributed by atoms with E-state index in [1.165, 1.54) is 36.9 Å². The summed E-state index contributed by atoms with van der Waals surface area (Å²) in [6.07, 6.45) is 6.34. The summed E-state index contributed by atoms with van der Waals surface area (Å²) in [4.78, 5) is 0. The summed E-state index contributed by atoms with van der Waals surface area (Å²) in [5, 5.41) is 3.54. The summed E-state index contributed by atoms with van der Waals surface area (Å²) in [5.41, 5.74) is 2.72. The summed E-state index contributed by atoms with van der Waals surface area (Å²) >= 11 is 0. The lowest BCUT2D eigenvalue weighted by Crippen LogP contribution is -2.32. The molecule has 1 aromatic rings. The molecule has 0 radical (unpaired) electrons. The molecule has 0 saturated carbocycles. The van der Waals surface area contributed by atoms with Gasteiger partial charge < -0.3 is 5.32 Å². The van der Waals surface area contributed by atoms with Gasteiger partial charge in [-0.3, -0.25) is 0 Å². The summed E-state index contributed by atoms with van der Waals surface area (Å²) in [7, 11) is 0. The van der Waals surface area contributed by atoms with E-state index >= 15 is 0 Å². The molecule has 0 amide bonds. The Hall–Kier alpha value is -1.08. The van der Waals surface area contributed by atoms with Gasteiger partial charge in [0.25, 0.3) is 0 Å². The van der Waals surface area contributed by atoms with Crippen LogP contribution in [-0.4, -0.2) is 12.6 Å². The molecule has 80 valence electrons. The van der Waals surface area contributed by atoms with Crippen molar-refractivity contribution in [2.24, 2.45) is 0 Å². The summed E-state index contributed by atoms with van der Waals surface area (Å²) in [6.45, 7) is 3.37. The number of hydrogen-bond acceptors (Lipinski definition) is 1. The van der Waals surface area contributed by atoms with E-state index in [2.05, 4.69) is 48.6 Å². The molecule has 0 aliphatic carbocycles. The van der Waals surface area contributed by atoms with Crippen LogP contribution in [0, 0.1) is 0 Å². The molecule has 1 aliphatic rings. The van der Waals surface area contributed by atoms with E-state index in [0.717, 1.165) is 0 Å². The van der Waals surface area contributed by atoms with Gasteiger partial charge in [0.2, 0.25) is 0 Å². The van der Waals surface area contributed by atoms with Crippen molar-refractivity contribution in [3.63, 3.8) is 0 Å². The van der Waals surface area contributed by atoms with Crippen molar-refractivity contribution >= 4 is 5.57 Å². The fourth-order valence-corrected chi connectivity index (χ4v) is 2.12. The molecule has 15 heavy (non-hydrogen) atoms. The molecule has 0 bridgehead atoms. The maximum atomic E-state index is 3.54. The maximum Gasteiger partial charge on any atom is 0.0255 e. The SMILES string of the molecule is CC(=CC1CCCCN1)c1ccccc1. The molecule has 1 heterocycles. The molecule has 1 aliphatic heterocycles. The molecule has 0 aromatic heterocycles. The molecule has 1 aromatic carbocycles. The van der Waals surface area contributed by atoms with Crippen LogP contribution < -0.4 is 5.32 Å². The average Bonchev–Trinajstić information content (AvgIpc) is 2.31. The van der Waals surface area contributed by atoms with Crippen LogP contribution in [0.25, 0.3) is 5.57 Å². The van der Waals surface area contributed by atoms with Crippen molar-refractivity contribution in [2.45, 2.75) is 32.2 Å². The van der Waals surface area contributed by atoms with Crippen LogP contribution in [0.1, 0.15) is 31.7 Å². The minimum absolute atomic E-state index is 0.582. The Morgan fingerprint density at radius 3 is 2.73 bits per heavy atom. The normalized spacial score (nSPS) is 22.7. The van der Waals surface area contributed by atoms with Crippen LogP contribution in [0.2, 0.25) is 0 Å². The lowest BCUT2D eigenvalue weighted by molar-refractivity contribution is 0.455. The molecule has 1 saturated heterocycles. The van der Waals surface area contributed by atoms with E-state index in [-0.39, 0.29) is 0 Å². The van der Waals surface area contributed by atoms with Gasteiger partial charge >= 0.3 is 0 Å². The van der Waals surface area contributed by atoms with Gasteiger partial charge in [0.15, 0.2) is 0 Å². The van der Waals surface area contributed by atoms with Gasteiger partial charge in [-0.25, -0.2) is 0 Å². The van der Waals surface area contributed by atoms with Crippen LogP contribution in [-0.2, 0) is 0 Å². The lowest BCUT2D eigenvalue weighted by atomic mass is 9.99. The minimum atomic E-state index is 0.582. The van der Waals surface area contributed by atoms with Gasteiger partial charge in [-0.15, -0.1) is 0 Å². The topological polar surface area (TPSA) is 12.0 Å². The van der Waals surface area contributed by atoms with E-state index in [9.17, 15) is 0 Å². The fraction of sp³-hybridized carbons (Fsp3) is 0.429. The largest absolute Gasteiger partial charge is 0.310 e.